The Morgan fingerprint density at radius 2 is 1.31 bits per heavy atom. The van der Waals surface area contributed by atoms with Crippen LogP contribution in [0.15, 0.2) is 97.1 Å². The summed E-state index contributed by atoms with van der Waals surface area (Å²) in [6, 6.07) is 30.9. The zero-order valence-corrected chi connectivity index (χ0v) is 20.3. The molecule has 3 aliphatic carbocycles. The van der Waals surface area contributed by atoms with E-state index in [0.29, 0.717) is 22.2 Å². The third-order valence-electron chi connectivity index (χ3n) is 8.17. The van der Waals surface area contributed by atoms with Crippen LogP contribution in [0.3, 0.4) is 0 Å². The van der Waals surface area contributed by atoms with Crippen LogP contribution in [0.5, 0.6) is 11.5 Å². The zero-order valence-electron chi connectivity index (χ0n) is 19.5. The molecule has 176 valence electrons. The molecule has 4 aliphatic rings. The Hall–Kier alpha value is -3.89. The summed E-state index contributed by atoms with van der Waals surface area (Å²) in [6.07, 6.45) is 0. The van der Waals surface area contributed by atoms with Crippen molar-refractivity contribution in [3.63, 3.8) is 0 Å². The molecule has 4 aromatic rings. The Morgan fingerprint density at radius 3 is 1.92 bits per heavy atom. The number of rotatable bonds is 3. The van der Waals surface area contributed by atoms with Crippen LogP contribution in [-0.4, -0.2) is 11.8 Å². The predicted octanol–water partition coefficient (Wildman–Crippen LogP) is 6.92. The fourth-order valence-corrected chi connectivity index (χ4v) is 6.85. The molecule has 1 aliphatic heterocycles. The number of amides is 2. The normalized spacial score (nSPS) is 25.4. The van der Waals surface area contributed by atoms with Gasteiger partial charge in [0.15, 0.2) is 0 Å². The van der Waals surface area contributed by atoms with Gasteiger partial charge in [0.25, 0.3) is 0 Å². The number of carbonyl (C=O) groups is 2. The Bertz CT molecular complexity index is 1510. The van der Waals surface area contributed by atoms with Crippen LogP contribution in [0, 0.1) is 11.3 Å². The van der Waals surface area contributed by atoms with E-state index in [-0.39, 0.29) is 23.7 Å². The Balaban J connectivity index is 1.30. The summed E-state index contributed by atoms with van der Waals surface area (Å²) in [5, 5.41) is 0.512. The SMILES string of the molecule is CC12C(=O)N(c3ccc(Oc4ccccc4Cl)cc3)C(=O)C1C1c3ccccc3C2c2ccccc21. The summed E-state index contributed by atoms with van der Waals surface area (Å²) in [6.45, 7) is 1.98. The van der Waals surface area contributed by atoms with E-state index >= 15 is 0 Å². The Morgan fingerprint density at radius 1 is 0.750 bits per heavy atom. The largest absolute Gasteiger partial charge is 0.456 e. The van der Waals surface area contributed by atoms with Crippen molar-refractivity contribution >= 4 is 29.1 Å². The number of hydrogen-bond donors (Lipinski definition) is 0. The summed E-state index contributed by atoms with van der Waals surface area (Å²) in [7, 11) is 0. The highest BCUT2D eigenvalue weighted by Crippen LogP contribution is 2.67. The molecule has 2 atom stereocenters. The topological polar surface area (TPSA) is 46.6 Å². The number of hydrogen-bond acceptors (Lipinski definition) is 3. The van der Waals surface area contributed by atoms with E-state index < -0.39 is 11.3 Å². The molecule has 1 fully saturated rings. The molecule has 4 aromatic carbocycles. The minimum atomic E-state index is -0.850. The van der Waals surface area contributed by atoms with E-state index in [2.05, 4.69) is 24.3 Å². The first-order valence-corrected chi connectivity index (χ1v) is 12.5. The van der Waals surface area contributed by atoms with Crippen LogP contribution in [0.2, 0.25) is 5.02 Å². The fourth-order valence-electron chi connectivity index (χ4n) is 6.68. The third-order valence-corrected chi connectivity index (χ3v) is 8.49. The van der Waals surface area contributed by atoms with Gasteiger partial charge >= 0.3 is 0 Å². The van der Waals surface area contributed by atoms with E-state index in [1.165, 1.54) is 4.90 Å². The van der Waals surface area contributed by atoms with Gasteiger partial charge in [0.1, 0.15) is 11.5 Å². The van der Waals surface area contributed by atoms with Crippen molar-refractivity contribution in [2.75, 3.05) is 4.90 Å². The van der Waals surface area contributed by atoms with E-state index in [9.17, 15) is 9.59 Å². The lowest BCUT2D eigenvalue weighted by Crippen LogP contribution is -2.49. The van der Waals surface area contributed by atoms with Crippen LogP contribution in [-0.2, 0) is 9.59 Å². The van der Waals surface area contributed by atoms with E-state index in [0.717, 1.165) is 22.3 Å². The van der Waals surface area contributed by atoms with E-state index in [1.54, 1.807) is 36.4 Å². The maximum absolute atomic E-state index is 14.2. The van der Waals surface area contributed by atoms with Gasteiger partial charge < -0.3 is 4.74 Å². The summed E-state index contributed by atoms with van der Waals surface area (Å²) in [5.74, 6) is 0.0950. The highest BCUT2D eigenvalue weighted by atomic mass is 35.5. The molecule has 1 saturated heterocycles. The molecule has 36 heavy (non-hydrogen) atoms. The van der Waals surface area contributed by atoms with Crippen LogP contribution in [0.1, 0.15) is 41.0 Å². The van der Waals surface area contributed by atoms with Gasteiger partial charge in [0, 0.05) is 11.8 Å². The number of anilines is 1. The van der Waals surface area contributed by atoms with Crippen molar-refractivity contribution in [1.82, 2.24) is 0 Å². The van der Waals surface area contributed by atoms with Gasteiger partial charge in [-0.15, -0.1) is 0 Å². The first kappa shape index (κ1) is 21.4. The lowest BCUT2D eigenvalue weighted by molar-refractivity contribution is -0.128. The fraction of sp³-hybridized carbons (Fsp3) is 0.161. The van der Waals surface area contributed by atoms with Crippen LogP contribution >= 0.6 is 11.6 Å². The Kier molecular flexibility index (Phi) is 4.49. The lowest BCUT2D eigenvalue weighted by Gasteiger charge is -2.51. The molecule has 2 amide bonds. The summed E-state index contributed by atoms with van der Waals surface area (Å²) in [5.41, 5.74) is 4.35. The molecule has 2 unspecified atom stereocenters. The van der Waals surface area contributed by atoms with Gasteiger partial charge in [-0.05, 0) is 65.6 Å². The first-order chi connectivity index (χ1) is 17.5. The molecule has 0 radical (unpaired) electrons. The van der Waals surface area contributed by atoms with E-state index in [1.807, 2.05) is 43.3 Å². The molecule has 0 aromatic heterocycles. The van der Waals surface area contributed by atoms with Crippen LogP contribution in [0.25, 0.3) is 0 Å². The summed E-state index contributed by atoms with van der Waals surface area (Å²) in [4.78, 5) is 29.6. The van der Waals surface area contributed by atoms with Gasteiger partial charge in [-0.25, -0.2) is 4.90 Å². The molecule has 0 N–H and O–H groups in total. The van der Waals surface area contributed by atoms with E-state index in [4.69, 9.17) is 16.3 Å². The molecule has 2 bridgehead atoms. The van der Waals surface area contributed by atoms with Gasteiger partial charge in [0.2, 0.25) is 11.8 Å². The van der Waals surface area contributed by atoms with Gasteiger partial charge in [0.05, 0.1) is 22.0 Å². The molecule has 5 heteroatoms. The standard InChI is InChI=1S/C31H22ClNO3/c1-31-27-22-10-4-2-8-20(22)26(21-9-3-5-11-23(21)27)28(31)29(34)33(30(31)35)18-14-16-19(17-15-18)36-25-13-7-6-12-24(25)32/h2-17,26-28H,1H3. The maximum Gasteiger partial charge on any atom is 0.241 e. The average molecular weight is 492 g/mol. The smallest absolute Gasteiger partial charge is 0.241 e. The second-order valence-corrected chi connectivity index (χ2v) is 10.3. The number of para-hydroxylation sites is 1. The molecular formula is C31H22ClNO3. The van der Waals surface area contributed by atoms with Crippen LogP contribution < -0.4 is 9.64 Å². The quantitative estimate of drug-likeness (QED) is 0.292. The second kappa shape index (κ2) is 7.55. The number of halogens is 1. The van der Waals surface area contributed by atoms with Crippen LogP contribution in [0.4, 0.5) is 5.69 Å². The highest BCUT2D eigenvalue weighted by molar-refractivity contribution is 6.32. The lowest BCUT2D eigenvalue weighted by atomic mass is 9.48. The molecular weight excluding hydrogens is 470 g/mol. The molecule has 8 rings (SSSR count). The van der Waals surface area contributed by atoms with Crippen molar-refractivity contribution in [2.45, 2.75) is 18.8 Å². The Labute approximate surface area is 214 Å². The molecule has 0 spiro atoms. The summed E-state index contributed by atoms with van der Waals surface area (Å²) < 4.78 is 5.90. The third kappa shape index (κ3) is 2.71. The number of benzene rings is 4. The van der Waals surface area contributed by atoms with Crippen molar-refractivity contribution < 1.29 is 14.3 Å². The van der Waals surface area contributed by atoms with Gasteiger partial charge in [-0.3, -0.25) is 9.59 Å². The summed E-state index contributed by atoms with van der Waals surface area (Å²) >= 11 is 6.22. The predicted molar refractivity (Wildman–Crippen MR) is 139 cm³/mol. The number of nitrogens with zero attached hydrogens (tertiary/aromatic N) is 1. The number of carbonyl (C=O) groups excluding carboxylic acids is 2. The first-order valence-electron chi connectivity index (χ1n) is 12.1. The minimum absolute atomic E-state index is 0.138. The number of imide groups is 1. The molecule has 4 nitrogen and oxygen atoms in total. The average Bonchev–Trinajstić information content (AvgIpc) is 3.11. The van der Waals surface area contributed by atoms with Gasteiger partial charge in [-0.1, -0.05) is 72.3 Å². The van der Waals surface area contributed by atoms with Crippen molar-refractivity contribution in [3.05, 3.63) is 124 Å². The molecule has 0 saturated carbocycles. The molecule has 1 heterocycles. The monoisotopic (exact) mass is 491 g/mol. The second-order valence-electron chi connectivity index (χ2n) is 9.93. The van der Waals surface area contributed by atoms with Crippen molar-refractivity contribution in [2.24, 2.45) is 11.3 Å². The van der Waals surface area contributed by atoms with Crippen molar-refractivity contribution in [1.29, 1.82) is 0 Å². The van der Waals surface area contributed by atoms with Gasteiger partial charge in [-0.2, -0.15) is 0 Å². The minimum Gasteiger partial charge on any atom is -0.456 e. The number of ether oxygens (including phenoxy) is 1. The van der Waals surface area contributed by atoms with Crippen molar-refractivity contribution in [3.8, 4) is 11.5 Å². The zero-order chi connectivity index (χ0) is 24.6. The maximum atomic E-state index is 14.2. The highest BCUT2D eigenvalue weighted by Gasteiger charge is 2.68.